The van der Waals surface area contributed by atoms with Gasteiger partial charge in [-0.1, -0.05) is 12.1 Å². The normalized spacial score (nSPS) is 20.3. The van der Waals surface area contributed by atoms with Gasteiger partial charge in [0.05, 0.1) is 13.7 Å². The highest BCUT2D eigenvalue weighted by atomic mass is 16.7. The van der Waals surface area contributed by atoms with Crippen molar-refractivity contribution in [3.05, 3.63) is 53.6 Å². The summed E-state index contributed by atoms with van der Waals surface area (Å²) in [6, 6.07) is 11.0. The molecule has 4 rings (SSSR count). The highest BCUT2D eigenvalue weighted by Crippen LogP contribution is 2.33. The molecule has 0 aliphatic carbocycles. The Morgan fingerprint density at radius 2 is 1.86 bits per heavy atom. The lowest BCUT2D eigenvalue weighted by atomic mass is 9.92. The summed E-state index contributed by atoms with van der Waals surface area (Å²) in [5, 5.41) is 2.68. The van der Waals surface area contributed by atoms with E-state index in [1.807, 2.05) is 0 Å². The van der Waals surface area contributed by atoms with E-state index in [0.29, 0.717) is 28.4 Å². The number of fused-ring (bicyclic) bond motifs is 1. The van der Waals surface area contributed by atoms with Crippen LogP contribution in [-0.2, 0) is 10.3 Å². The predicted octanol–water partition coefficient (Wildman–Crippen LogP) is 2.07. The van der Waals surface area contributed by atoms with Gasteiger partial charge in [0.1, 0.15) is 11.3 Å². The molecule has 0 bridgehead atoms. The van der Waals surface area contributed by atoms with E-state index in [2.05, 4.69) is 5.32 Å². The standard InChI is InChI=1S/C20H18N2O6/c1-20(13-4-6-14(26-2)7-5-13)18(24)22(19(25)21-20)10-15(23)12-3-8-16-17(9-12)28-11-27-16/h3-9H,10-11H2,1-2H3,(H,21,25)/t20-/m1/s1. The number of carbonyl (C=O) groups is 3. The lowest BCUT2D eigenvalue weighted by molar-refractivity contribution is -0.130. The van der Waals surface area contributed by atoms with Crippen LogP contribution in [0.1, 0.15) is 22.8 Å². The number of methoxy groups -OCH3 is 1. The highest BCUT2D eigenvalue weighted by Gasteiger charge is 2.49. The average Bonchev–Trinajstić information content (AvgIpc) is 3.26. The number of rotatable bonds is 5. The summed E-state index contributed by atoms with van der Waals surface area (Å²) in [5.41, 5.74) is -0.314. The smallest absolute Gasteiger partial charge is 0.325 e. The van der Waals surface area contributed by atoms with Gasteiger partial charge in [-0.2, -0.15) is 0 Å². The summed E-state index contributed by atoms with van der Waals surface area (Å²) in [5.74, 6) is 0.793. The van der Waals surface area contributed by atoms with E-state index in [1.54, 1.807) is 56.5 Å². The first-order chi connectivity index (χ1) is 13.4. The van der Waals surface area contributed by atoms with Crippen molar-refractivity contribution in [1.82, 2.24) is 10.2 Å². The number of carbonyl (C=O) groups excluding carboxylic acids is 3. The maximum Gasteiger partial charge on any atom is 0.325 e. The minimum Gasteiger partial charge on any atom is -0.497 e. The molecule has 1 saturated heterocycles. The number of urea groups is 1. The molecule has 0 radical (unpaired) electrons. The van der Waals surface area contributed by atoms with Gasteiger partial charge in [0, 0.05) is 5.56 Å². The van der Waals surface area contributed by atoms with E-state index >= 15 is 0 Å². The number of amides is 3. The van der Waals surface area contributed by atoms with Crippen LogP contribution in [0.3, 0.4) is 0 Å². The zero-order valence-corrected chi connectivity index (χ0v) is 15.4. The van der Waals surface area contributed by atoms with E-state index in [4.69, 9.17) is 14.2 Å². The second kappa shape index (κ2) is 6.56. The van der Waals surface area contributed by atoms with Gasteiger partial charge in [-0.15, -0.1) is 0 Å². The predicted molar refractivity (Wildman–Crippen MR) is 97.5 cm³/mol. The number of nitrogens with one attached hydrogen (secondary N) is 1. The molecule has 2 aromatic rings. The van der Waals surface area contributed by atoms with Crippen LogP contribution in [0, 0.1) is 0 Å². The number of hydrogen-bond donors (Lipinski definition) is 1. The summed E-state index contributed by atoms with van der Waals surface area (Å²) >= 11 is 0. The fourth-order valence-corrected chi connectivity index (χ4v) is 3.27. The van der Waals surface area contributed by atoms with Gasteiger partial charge in [0.25, 0.3) is 5.91 Å². The molecule has 1 atom stereocenters. The Bertz CT molecular complexity index is 971. The fraction of sp³-hybridized carbons (Fsp3) is 0.250. The van der Waals surface area contributed by atoms with Crippen LogP contribution in [0.15, 0.2) is 42.5 Å². The molecule has 2 heterocycles. The Morgan fingerprint density at radius 1 is 1.14 bits per heavy atom. The summed E-state index contributed by atoms with van der Waals surface area (Å²) in [6.45, 7) is 1.34. The topological polar surface area (TPSA) is 94.2 Å². The highest BCUT2D eigenvalue weighted by molar-refractivity contribution is 6.11. The van der Waals surface area contributed by atoms with Crippen LogP contribution in [0.4, 0.5) is 4.79 Å². The molecular formula is C20H18N2O6. The minimum absolute atomic E-state index is 0.0974. The Hall–Kier alpha value is -3.55. The van der Waals surface area contributed by atoms with Crippen LogP contribution in [0.25, 0.3) is 0 Å². The van der Waals surface area contributed by atoms with Crippen molar-refractivity contribution in [2.24, 2.45) is 0 Å². The fourth-order valence-electron chi connectivity index (χ4n) is 3.27. The van der Waals surface area contributed by atoms with Crippen molar-refractivity contribution < 1.29 is 28.6 Å². The number of Topliss-reactive ketones (excluding diaryl/α,β-unsaturated/α-hetero) is 1. The van der Waals surface area contributed by atoms with Crippen molar-refractivity contribution in [3.8, 4) is 17.2 Å². The molecule has 1 N–H and O–H groups in total. The van der Waals surface area contributed by atoms with Crippen molar-refractivity contribution in [2.45, 2.75) is 12.5 Å². The molecule has 2 aliphatic heterocycles. The molecular weight excluding hydrogens is 364 g/mol. The third-order valence-corrected chi connectivity index (χ3v) is 4.94. The van der Waals surface area contributed by atoms with Gasteiger partial charge in [-0.3, -0.25) is 14.5 Å². The van der Waals surface area contributed by atoms with Gasteiger partial charge in [0.15, 0.2) is 17.3 Å². The van der Waals surface area contributed by atoms with Crippen molar-refractivity contribution in [2.75, 3.05) is 20.4 Å². The molecule has 0 unspecified atom stereocenters. The molecule has 0 saturated carbocycles. The summed E-state index contributed by atoms with van der Waals surface area (Å²) in [4.78, 5) is 38.9. The number of benzene rings is 2. The maximum atomic E-state index is 13.0. The molecule has 0 spiro atoms. The second-order valence-electron chi connectivity index (χ2n) is 6.67. The summed E-state index contributed by atoms with van der Waals surface area (Å²) in [7, 11) is 1.54. The number of imide groups is 1. The zero-order valence-electron chi connectivity index (χ0n) is 15.4. The van der Waals surface area contributed by atoms with Crippen LogP contribution in [0.2, 0.25) is 0 Å². The van der Waals surface area contributed by atoms with Crippen molar-refractivity contribution >= 4 is 17.7 Å². The zero-order chi connectivity index (χ0) is 19.9. The van der Waals surface area contributed by atoms with E-state index in [0.717, 1.165) is 4.90 Å². The molecule has 28 heavy (non-hydrogen) atoms. The number of hydrogen-bond acceptors (Lipinski definition) is 6. The van der Waals surface area contributed by atoms with Crippen molar-refractivity contribution in [1.29, 1.82) is 0 Å². The van der Waals surface area contributed by atoms with Crippen LogP contribution in [-0.4, -0.2) is 43.1 Å². The molecule has 0 aromatic heterocycles. The lowest BCUT2D eigenvalue weighted by Crippen LogP contribution is -2.41. The van der Waals surface area contributed by atoms with E-state index < -0.39 is 17.5 Å². The molecule has 1 fully saturated rings. The summed E-state index contributed by atoms with van der Waals surface area (Å²) in [6.07, 6.45) is 0. The Labute approximate surface area is 161 Å². The Morgan fingerprint density at radius 3 is 2.57 bits per heavy atom. The number of ketones is 1. The lowest BCUT2D eigenvalue weighted by Gasteiger charge is -2.22. The van der Waals surface area contributed by atoms with Crippen molar-refractivity contribution in [3.63, 3.8) is 0 Å². The van der Waals surface area contributed by atoms with E-state index in [9.17, 15) is 14.4 Å². The van der Waals surface area contributed by atoms with Crippen LogP contribution >= 0.6 is 0 Å². The maximum absolute atomic E-state index is 13.0. The largest absolute Gasteiger partial charge is 0.497 e. The molecule has 2 aromatic carbocycles. The van der Waals surface area contributed by atoms with E-state index in [1.165, 1.54) is 0 Å². The van der Waals surface area contributed by atoms with Gasteiger partial charge in [-0.25, -0.2) is 4.79 Å². The third kappa shape index (κ3) is 2.83. The SMILES string of the molecule is COc1ccc([C@@]2(C)NC(=O)N(CC(=O)c3ccc4c(c3)OCO4)C2=O)cc1. The monoisotopic (exact) mass is 382 g/mol. The second-order valence-corrected chi connectivity index (χ2v) is 6.67. The summed E-state index contributed by atoms with van der Waals surface area (Å²) < 4.78 is 15.6. The average molecular weight is 382 g/mol. The Balaban J connectivity index is 1.54. The number of ether oxygens (including phenoxy) is 3. The first-order valence-corrected chi connectivity index (χ1v) is 8.64. The van der Waals surface area contributed by atoms with Gasteiger partial charge < -0.3 is 19.5 Å². The first kappa shape index (κ1) is 17.8. The quantitative estimate of drug-likeness (QED) is 0.629. The molecule has 8 heteroatoms. The van der Waals surface area contributed by atoms with Gasteiger partial charge in [0.2, 0.25) is 6.79 Å². The van der Waals surface area contributed by atoms with Gasteiger partial charge in [-0.05, 0) is 42.8 Å². The molecule has 3 amide bonds. The number of nitrogens with zero attached hydrogens (tertiary/aromatic N) is 1. The molecule has 144 valence electrons. The first-order valence-electron chi connectivity index (χ1n) is 8.64. The third-order valence-electron chi connectivity index (χ3n) is 4.94. The van der Waals surface area contributed by atoms with Crippen LogP contribution in [0.5, 0.6) is 17.2 Å². The Kier molecular flexibility index (Phi) is 4.18. The minimum atomic E-state index is -1.25. The molecule has 2 aliphatic rings. The van der Waals surface area contributed by atoms with Gasteiger partial charge >= 0.3 is 6.03 Å². The van der Waals surface area contributed by atoms with Crippen LogP contribution < -0.4 is 19.5 Å². The molecule has 8 nitrogen and oxygen atoms in total. The van der Waals surface area contributed by atoms with E-state index in [-0.39, 0.29) is 19.1 Å².